The number of benzene rings is 2. The van der Waals surface area contributed by atoms with Crippen LogP contribution in [-0.2, 0) is 22.5 Å². The molecule has 2 aromatic rings. The summed E-state index contributed by atoms with van der Waals surface area (Å²) in [5, 5.41) is 2.68. The standard InChI is InChI=1S/C19H26O2/c1-3-13-21-14-7-6-8-16-11-12-17(15-20-2)19-10-5-4-9-18(16)19/h4-5,9-12H,3,6-8,13-15H2,1-2H3. The van der Waals surface area contributed by atoms with Crippen molar-refractivity contribution in [2.45, 2.75) is 39.2 Å². The van der Waals surface area contributed by atoms with Gasteiger partial charge in [0.2, 0.25) is 0 Å². The summed E-state index contributed by atoms with van der Waals surface area (Å²) in [4.78, 5) is 0. The van der Waals surface area contributed by atoms with Gasteiger partial charge in [-0.25, -0.2) is 0 Å². The second-order valence-electron chi connectivity index (χ2n) is 5.43. The van der Waals surface area contributed by atoms with E-state index in [-0.39, 0.29) is 0 Å². The molecule has 0 heterocycles. The van der Waals surface area contributed by atoms with Gasteiger partial charge in [0.25, 0.3) is 0 Å². The molecule has 2 nitrogen and oxygen atoms in total. The highest BCUT2D eigenvalue weighted by Gasteiger charge is 2.05. The Bertz CT molecular complexity index is 548. The average molecular weight is 286 g/mol. The highest BCUT2D eigenvalue weighted by Crippen LogP contribution is 2.24. The summed E-state index contributed by atoms with van der Waals surface area (Å²) in [7, 11) is 1.75. The maximum atomic E-state index is 5.54. The first-order valence-electron chi connectivity index (χ1n) is 7.93. The molecule has 0 aliphatic heterocycles. The van der Waals surface area contributed by atoms with Crippen molar-refractivity contribution in [1.29, 1.82) is 0 Å². The second kappa shape index (κ2) is 8.81. The average Bonchev–Trinajstić information content (AvgIpc) is 2.52. The molecule has 0 saturated heterocycles. The van der Waals surface area contributed by atoms with E-state index in [4.69, 9.17) is 9.47 Å². The predicted molar refractivity (Wildman–Crippen MR) is 88.7 cm³/mol. The van der Waals surface area contributed by atoms with E-state index in [2.05, 4.69) is 43.3 Å². The van der Waals surface area contributed by atoms with Crippen molar-refractivity contribution in [3.8, 4) is 0 Å². The van der Waals surface area contributed by atoms with Gasteiger partial charge in [0, 0.05) is 20.3 Å². The summed E-state index contributed by atoms with van der Waals surface area (Å²) in [5.41, 5.74) is 2.70. The molecule has 0 spiro atoms. The molecule has 114 valence electrons. The Labute approximate surface area is 128 Å². The van der Waals surface area contributed by atoms with E-state index in [9.17, 15) is 0 Å². The van der Waals surface area contributed by atoms with Crippen LogP contribution in [0.2, 0.25) is 0 Å². The third-order valence-corrected chi connectivity index (χ3v) is 3.74. The summed E-state index contributed by atoms with van der Waals surface area (Å²) < 4.78 is 10.8. The number of methoxy groups -OCH3 is 1. The van der Waals surface area contributed by atoms with Crippen LogP contribution in [0.5, 0.6) is 0 Å². The Kier molecular flexibility index (Phi) is 6.71. The van der Waals surface area contributed by atoms with Crippen molar-refractivity contribution < 1.29 is 9.47 Å². The minimum atomic E-state index is 0.672. The quantitative estimate of drug-likeness (QED) is 0.620. The molecule has 0 unspecified atom stereocenters. The number of ether oxygens (including phenoxy) is 2. The number of rotatable bonds is 9. The summed E-state index contributed by atoms with van der Waals surface area (Å²) in [6.07, 6.45) is 4.53. The molecule has 0 aromatic heterocycles. The lowest BCUT2D eigenvalue weighted by Crippen LogP contribution is -1.98. The van der Waals surface area contributed by atoms with Crippen LogP contribution in [0.1, 0.15) is 37.3 Å². The summed E-state index contributed by atoms with van der Waals surface area (Å²) in [6.45, 7) is 4.58. The molecule has 2 heteroatoms. The molecule has 0 amide bonds. The molecule has 0 saturated carbocycles. The number of aryl methyl sites for hydroxylation is 1. The molecular weight excluding hydrogens is 260 g/mol. The zero-order valence-electron chi connectivity index (χ0n) is 13.2. The molecule has 0 fully saturated rings. The van der Waals surface area contributed by atoms with E-state index in [1.807, 2.05) is 0 Å². The monoisotopic (exact) mass is 286 g/mol. The van der Waals surface area contributed by atoms with Crippen molar-refractivity contribution in [3.05, 3.63) is 47.5 Å². The topological polar surface area (TPSA) is 18.5 Å². The van der Waals surface area contributed by atoms with Crippen LogP contribution in [0, 0.1) is 0 Å². The first-order chi connectivity index (χ1) is 10.4. The van der Waals surface area contributed by atoms with Crippen LogP contribution in [0.25, 0.3) is 10.8 Å². The molecule has 2 rings (SSSR count). The van der Waals surface area contributed by atoms with Gasteiger partial charge < -0.3 is 9.47 Å². The zero-order valence-corrected chi connectivity index (χ0v) is 13.2. The first kappa shape index (κ1) is 16.0. The van der Waals surface area contributed by atoms with E-state index in [1.165, 1.54) is 28.3 Å². The number of hydrogen-bond acceptors (Lipinski definition) is 2. The predicted octanol–water partition coefficient (Wildman–Crippen LogP) is 4.74. The summed E-state index contributed by atoms with van der Waals surface area (Å²) >= 11 is 0. The molecule has 0 N–H and O–H groups in total. The van der Waals surface area contributed by atoms with Gasteiger partial charge in [0.05, 0.1) is 6.61 Å². The van der Waals surface area contributed by atoms with Crippen molar-refractivity contribution in [2.75, 3.05) is 20.3 Å². The van der Waals surface area contributed by atoms with Crippen LogP contribution < -0.4 is 0 Å². The summed E-state index contributed by atoms with van der Waals surface area (Å²) in [6, 6.07) is 13.1. The number of fused-ring (bicyclic) bond motifs is 1. The van der Waals surface area contributed by atoms with Gasteiger partial charge in [-0.1, -0.05) is 43.3 Å². The number of hydrogen-bond donors (Lipinski definition) is 0. The normalized spacial score (nSPS) is 11.1. The van der Waals surface area contributed by atoms with E-state index < -0.39 is 0 Å². The van der Waals surface area contributed by atoms with Crippen LogP contribution in [0.15, 0.2) is 36.4 Å². The van der Waals surface area contributed by atoms with E-state index in [1.54, 1.807) is 7.11 Å². The molecule has 2 aromatic carbocycles. The molecule has 0 radical (unpaired) electrons. The molecule has 21 heavy (non-hydrogen) atoms. The van der Waals surface area contributed by atoms with Crippen LogP contribution in [-0.4, -0.2) is 20.3 Å². The van der Waals surface area contributed by atoms with Gasteiger partial charge in [-0.2, -0.15) is 0 Å². The fourth-order valence-electron chi connectivity index (χ4n) is 2.69. The third kappa shape index (κ3) is 4.55. The van der Waals surface area contributed by atoms with Gasteiger partial charge in [0.15, 0.2) is 0 Å². The number of unbranched alkanes of at least 4 members (excludes halogenated alkanes) is 1. The molecule has 0 aliphatic rings. The highest BCUT2D eigenvalue weighted by atomic mass is 16.5. The maximum absolute atomic E-state index is 5.54. The third-order valence-electron chi connectivity index (χ3n) is 3.74. The van der Waals surface area contributed by atoms with Crippen LogP contribution in [0.4, 0.5) is 0 Å². The largest absolute Gasteiger partial charge is 0.381 e. The lowest BCUT2D eigenvalue weighted by molar-refractivity contribution is 0.131. The van der Waals surface area contributed by atoms with E-state index in [0.29, 0.717) is 6.61 Å². The van der Waals surface area contributed by atoms with Crippen molar-refractivity contribution in [3.63, 3.8) is 0 Å². The van der Waals surface area contributed by atoms with Crippen LogP contribution in [0.3, 0.4) is 0 Å². The maximum Gasteiger partial charge on any atom is 0.0719 e. The Balaban J connectivity index is 2.02. The van der Waals surface area contributed by atoms with Gasteiger partial charge in [0.1, 0.15) is 0 Å². The smallest absolute Gasteiger partial charge is 0.0719 e. The first-order valence-corrected chi connectivity index (χ1v) is 7.93. The Morgan fingerprint density at radius 3 is 2.29 bits per heavy atom. The van der Waals surface area contributed by atoms with Gasteiger partial charge in [-0.3, -0.25) is 0 Å². The second-order valence-corrected chi connectivity index (χ2v) is 5.43. The lowest BCUT2D eigenvalue weighted by atomic mass is 9.97. The SMILES string of the molecule is CCCOCCCCc1ccc(COC)c2ccccc12. The fraction of sp³-hybridized carbons (Fsp3) is 0.474. The molecule has 0 atom stereocenters. The molecule has 0 aliphatic carbocycles. The Morgan fingerprint density at radius 2 is 1.57 bits per heavy atom. The minimum Gasteiger partial charge on any atom is -0.381 e. The fourth-order valence-corrected chi connectivity index (χ4v) is 2.69. The van der Waals surface area contributed by atoms with Gasteiger partial charge in [-0.05, 0) is 47.6 Å². The Morgan fingerprint density at radius 1 is 0.857 bits per heavy atom. The van der Waals surface area contributed by atoms with E-state index in [0.717, 1.165) is 32.5 Å². The van der Waals surface area contributed by atoms with Crippen LogP contribution >= 0.6 is 0 Å². The van der Waals surface area contributed by atoms with Crippen molar-refractivity contribution in [1.82, 2.24) is 0 Å². The zero-order chi connectivity index (χ0) is 14.9. The van der Waals surface area contributed by atoms with E-state index >= 15 is 0 Å². The molecular formula is C19H26O2. The summed E-state index contributed by atoms with van der Waals surface area (Å²) in [5.74, 6) is 0. The minimum absolute atomic E-state index is 0.672. The Hall–Kier alpha value is -1.38. The highest BCUT2D eigenvalue weighted by molar-refractivity contribution is 5.88. The van der Waals surface area contributed by atoms with Crippen molar-refractivity contribution in [2.24, 2.45) is 0 Å². The molecule has 0 bridgehead atoms. The van der Waals surface area contributed by atoms with Crippen molar-refractivity contribution >= 4 is 10.8 Å². The van der Waals surface area contributed by atoms with Gasteiger partial charge in [-0.15, -0.1) is 0 Å². The lowest BCUT2D eigenvalue weighted by Gasteiger charge is -2.11. The van der Waals surface area contributed by atoms with Gasteiger partial charge >= 0.3 is 0 Å².